The van der Waals surface area contributed by atoms with Crippen LogP contribution in [0.5, 0.6) is 0 Å². The van der Waals surface area contributed by atoms with Crippen LogP contribution in [-0.4, -0.2) is 66.7 Å². The molecule has 4 aromatic carbocycles. The van der Waals surface area contributed by atoms with Gasteiger partial charge in [0, 0.05) is 25.4 Å². The van der Waals surface area contributed by atoms with Gasteiger partial charge in [0.05, 0.1) is 18.1 Å². The Balaban J connectivity index is 1.73. The number of ether oxygens (including phenoxy) is 2. The number of carbonyl (C=O) groups excluding carboxylic acids is 4. The van der Waals surface area contributed by atoms with E-state index in [1.807, 2.05) is 104 Å². The summed E-state index contributed by atoms with van der Waals surface area (Å²) in [5, 5.41) is 5.16. The van der Waals surface area contributed by atoms with Crippen LogP contribution in [-0.2, 0) is 30.0 Å². The van der Waals surface area contributed by atoms with E-state index in [-0.39, 0.29) is 41.7 Å². The lowest BCUT2D eigenvalue weighted by Crippen LogP contribution is -2.69. The van der Waals surface area contributed by atoms with Crippen molar-refractivity contribution in [2.75, 3.05) is 6.61 Å². The second kappa shape index (κ2) is 18.5. The zero-order chi connectivity index (χ0) is 43.2. The molecular formula is C48H59N2O7PSi. The van der Waals surface area contributed by atoms with E-state index >= 15 is 9.59 Å². The van der Waals surface area contributed by atoms with Crippen LogP contribution in [0.2, 0.25) is 18.1 Å². The third-order valence-electron chi connectivity index (χ3n) is 11.0. The molecule has 0 aliphatic carbocycles. The van der Waals surface area contributed by atoms with Crippen molar-refractivity contribution in [3.05, 3.63) is 139 Å². The smallest absolute Gasteiger partial charge is 0.407 e. The first kappa shape index (κ1) is 45.1. The number of hydrogen-bond donors (Lipinski definition) is 1. The van der Waals surface area contributed by atoms with Crippen LogP contribution in [0, 0.1) is 5.92 Å². The maximum atomic E-state index is 15.2. The zero-order valence-electron chi connectivity index (χ0n) is 35.9. The number of nitrogens with zero attached hydrogens (tertiary/aromatic N) is 1. The first-order chi connectivity index (χ1) is 27.8. The number of alkyl carbamates (subject to hydrolysis) is 1. The van der Waals surface area contributed by atoms with Crippen LogP contribution < -0.4 is 21.2 Å². The maximum Gasteiger partial charge on any atom is 0.407 e. The van der Waals surface area contributed by atoms with E-state index in [1.54, 1.807) is 43.9 Å². The fraction of sp³-hybridized carbons (Fsp3) is 0.354. The van der Waals surface area contributed by atoms with E-state index < -0.39 is 50.9 Å². The van der Waals surface area contributed by atoms with Crippen LogP contribution in [0.1, 0.15) is 70.8 Å². The Morgan fingerprint density at radius 2 is 1.36 bits per heavy atom. The van der Waals surface area contributed by atoms with E-state index in [0.29, 0.717) is 11.1 Å². The van der Waals surface area contributed by atoms with Gasteiger partial charge in [-0.1, -0.05) is 143 Å². The van der Waals surface area contributed by atoms with Gasteiger partial charge in [-0.15, -0.1) is 0 Å². The maximum absolute atomic E-state index is 15.2. The molecule has 2 amide bonds. The molecule has 1 aliphatic heterocycles. The zero-order valence-corrected chi connectivity index (χ0v) is 37.8. The Kier molecular flexibility index (Phi) is 14.1. The molecule has 1 saturated heterocycles. The van der Waals surface area contributed by atoms with Crippen LogP contribution in [0.3, 0.4) is 0 Å². The second-order valence-corrected chi connectivity index (χ2v) is 25.5. The second-order valence-electron chi connectivity index (χ2n) is 17.5. The summed E-state index contributed by atoms with van der Waals surface area (Å²) < 4.78 is 18.3. The summed E-state index contributed by atoms with van der Waals surface area (Å²) in [6.45, 7) is 18.6. The molecule has 312 valence electrons. The summed E-state index contributed by atoms with van der Waals surface area (Å²) in [6.07, 6.45) is 0.279. The summed E-state index contributed by atoms with van der Waals surface area (Å²) in [4.78, 5) is 58.8. The number of Topliss-reactive ketones (excluding diaryl/α,β-unsaturated/α-hetero) is 1. The van der Waals surface area contributed by atoms with E-state index in [2.05, 4.69) is 45.8 Å². The fourth-order valence-electron chi connectivity index (χ4n) is 7.29. The Hall–Kier alpha value is -5.02. The number of rotatable bonds is 15. The summed E-state index contributed by atoms with van der Waals surface area (Å²) in [7, 11) is -2.40. The topological polar surface area (TPSA) is 111 Å². The number of nitrogens with one attached hydrogen (secondary N) is 1. The highest BCUT2D eigenvalue weighted by atomic mass is 31.2. The SMILES string of the molecule is C=CCOC(=O)C(N1C(=O)[C@H](C(C)O[Si](C)(C)C(C)(C)C)[C@H]1CC(=O)c1cccc(CNC(=O)OC(C)(C)C)c1)=P(c1ccccc1)(c1ccccc1)c1ccccc1. The molecule has 0 radical (unpaired) electrons. The molecule has 4 aromatic rings. The molecule has 3 atom stereocenters. The third-order valence-corrected chi connectivity index (χ3v) is 19.9. The monoisotopic (exact) mass is 834 g/mol. The standard InChI is InChI=1S/C48H59N2O7PSi/c1-11-30-55-45(53)44(58(37-24-15-12-16-25-37,38-26-17-13-18-27-38)39-28-19-14-20-29-39)50-40(42(43(50)52)34(2)57-59(9,10)48(6,7)8)32-41(51)36-23-21-22-35(31-36)33-49-46(54)56-47(3,4)5/h11-29,31,34,40,42H,1,30,32-33H2,2-10H3,(H,49,54)/t34?,40-,42-/m1/s1. The fourth-order valence-corrected chi connectivity index (χ4v) is 13.1. The normalized spacial score (nSPS) is 16.4. The van der Waals surface area contributed by atoms with Crippen molar-refractivity contribution in [2.24, 2.45) is 5.92 Å². The molecular weight excluding hydrogens is 776 g/mol. The summed E-state index contributed by atoms with van der Waals surface area (Å²) >= 11 is 0. The summed E-state index contributed by atoms with van der Waals surface area (Å²) in [5.74, 6) is -1.93. The third kappa shape index (κ3) is 10.1. The van der Waals surface area contributed by atoms with Crippen LogP contribution in [0.4, 0.5) is 4.79 Å². The Morgan fingerprint density at radius 3 is 1.83 bits per heavy atom. The predicted molar refractivity (Wildman–Crippen MR) is 242 cm³/mol. The van der Waals surface area contributed by atoms with E-state index in [1.165, 1.54) is 6.08 Å². The first-order valence-electron chi connectivity index (χ1n) is 20.1. The molecule has 11 heteroatoms. The van der Waals surface area contributed by atoms with Gasteiger partial charge in [0.15, 0.2) is 14.1 Å². The number of amides is 2. The molecule has 0 saturated carbocycles. The predicted octanol–water partition coefficient (Wildman–Crippen LogP) is 8.37. The highest BCUT2D eigenvalue weighted by Crippen LogP contribution is 2.51. The Morgan fingerprint density at radius 1 is 0.831 bits per heavy atom. The van der Waals surface area contributed by atoms with Gasteiger partial charge in [0.2, 0.25) is 5.91 Å². The summed E-state index contributed by atoms with van der Waals surface area (Å²) in [6, 6.07) is 35.7. The van der Waals surface area contributed by atoms with Gasteiger partial charge >= 0.3 is 12.1 Å². The number of carbonyl (C=O) groups is 4. The van der Waals surface area contributed by atoms with Crippen molar-refractivity contribution in [3.63, 3.8) is 0 Å². The molecule has 1 aliphatic rings. The van der Waals surface area contributed by atoms with E-state index in [0.717, 1.165) is 15.9 Å². The average molecular weight is 835 g/mol. The quantitative estimate of drug-likeness (QED) is 0.0320. The van der Waals surface area contributed by atoms with Crippen molar-refractivity contribution in [1.82, 2.24) is 10.2 Å². The van der Waals surface area contributed by atoms with Gasteiger partial charge in [-0.3, -0.25) is 9.59 Å². The van der Waals surface area contributed by atoms with Gasteiger partial charge in [-0.2, -0.15) is 0 Å². The van der Waals surface area contributed by atoms with Crippen LogP contribution >= 0.6 is 6.89 Å². The molecule has 1 fully saturated rings. The molecule has 1 unspecified atom stereocenters. The number of likely N-dealkylation sites (tertiary alicyclic amines) is 1. The highest BCUT2D eigenvalue weighted by Gasteiger charge is 2.57. The van der Waals surface area contributed by atoms with Crippen LogP contribution in [0.15, 0.2) is 128 Å². The number of ketones is 1. The van der Waals surface area contributed by atoms with Crippen molar-refractivity contribution in [2.45, 2.75) is 97.3 Å². The van der Waals surface area contributed by atoms with Crippen LogP contribution in [0.25, 0.3) is 0 Å². The molecule has 1 N–H and O–H groups in total. The number of benzene rings is 4. The lowest BCUT2D eigenvalue weighted by molar-refractivity contribution is -0.156. The largest absolute Gasteiger partial charge is 0.457 e. The Labute approximate surface area is 351 Å². The molecule has 9 nitrogen and oxygen atoms in total. The number of β-lactam (4-membered cyclic amide) rings is 1. The lowest BCUT2D eigenvalue weighted by Gasteiger charge is -2.53. The lowest BCUT2D eigenvalue weighted by atomic mass is 9.79. The van der Waals surface area contributed by atoms with Crippen molar-refractivity contribution in [3.8, 4) is 0 Å². The Bertz CT molecular complexity index is 2090. The van der Waals surface area contributed by atoms with Crippen molar-refractivity contribution < 1.29 is 33.1 Å². The number of hydrogen-bond acceptors (Lipinski definition) is 7. The minimum absolute atomic E-state index is 0.0786. The van der Waals surface area contributed by atoms with Gasteiger partial charge in [-0.25, -0.2) is 9.59 Å². The molecule has 0 bridgehead atoms. The van der Waals surface area contributed by atoms with Gasteiger partial charge in [-0.05, 0) is 73.4 Å². The highest BCUT2D eigenvalue weighted by molar-refractivity contribution is 7.96. The molecule has 0 aromatic heterocycles. The minimum atomic E-state index is -3.22. The number of esters is 1. The molecule has 1 heterocycles. The van der Waals surface area contributed by atoms with Crippen molar-refractivity contribution in [1.29, 1.82) is 0 Å². The first-order valence-corrected chi connectivity index (χ1v) is 24.8. The summed E-state index contributed by atoms with van der Waals surface area (Å²) in [5.41, 5.74) is 0.648. The molecule has 0 spiro atoms. The van der Waals surface area contributed by atoms with E-state index in [4.69, 9.17) is 13.9 Å². The van der Waals surface area contributed by atoms with Gasteiger partial charge in [0.25, 0.3) is 0 Å². The van der Waals surface area contributed by atoms with Gasteiger partial charge < -0.3 is 24.1 Å². The molecule has 5 rings (SSSR count). The van der Waals surface area contributed by atoms with Gasteiger partial charge in [0.1, 0.15) is 17.6 Å². The molecule has 59 heavy (non-hydrogen) atoms. The average Bonchev–Trinajstić information content (AvgIpc) is 3.19. The van der Waals surface area contributed by atoms with E-state index in [9.17, 15) is 9.59 Å². The van der Waals surface area contributed by atoms with Crippen molar-refractivity contribution >= 4 is 60.3 Å². The minimum Gasteiger partial charge on any atom is -0.457 e.